The zero-order valence-corrected chi connectivity index (χ0v) is 9.17. The molecule has 0 atom stereocenters. The lowest BCUT2D eigenvalue weighted by Crippen LogP contribution is -1.98. The average molecular weight is 221 g/mol. The van der Waals surface area contributed by atoms with Gasteiger partial charge in [-0.25, -0.2) is 9.97 Å². The fraction of sp³-hybridized carbons (Fsp3) is 0.200. The number of fused-ring (bicyclic) bond motifs is 1. The van der Waals surface area contributed by atoms with Gasteiger partial charge in [-0.2, -0.15) is 0 Å². The molecule has 4 nitrogen and oxygen atoms in total. The zero-order valence-electron chi connectivity index (χ0n) is 8.36. The minimum atomic E-state index is 0.548. The molecule has 2 aromatic heterocycles. The van der Waals surface area contributed by atoms with Gasteiger partial charge in [0.2, 0.25) is 0 Å². The Morgan fingerprint density at radius 3 is 3.13 bits per heavy atom. The Balaban J connectivity index is 2.61. The molecule has 0 aromatic carbocycles. The molecule has 0 aliphatic rings. The average Bonchev–Trinajstić information content (AvgIpc) is 2.65. The quantitative estimate of drug-likeness (QED) is 0.808. The summed E-state index contributed by atoms with van der Waals surface area (Å²) in [6, 6.07) is 0. The highest BCUT2D eigenvalue weighted by atomic mass is 32.1. The van der Waals surface area contributed by atoms with Crippen molar-refractivity contribution in [2.45, 2.75) is 6.92 Å². The lowest BCUT2D eigenvalue weighted by atomic mass is 10.2. The van der Waals surface area contributed by atoms with E-state index in [4.69, 9.17) is 10.5 Å². The summed E-state index contributed by atoms with van der Waals surface area (Å²) < 4.78 is 5.35. The predicted octanol–water partition coefficient (Wildman–Crippen LogP) is 2.28. The van der Waals surface area contributed by atoms with Crippen LogP contribution in [0.5, 0.6) is 0 Å². The van der Waals surface area contributed by atoms with Crippen molar-refractivity contribution in [2.75, 3.05) is 12.3 Å². The van der Waals surface area contributed by atoms with Gasteiger partial charge >= 0.3 is 0 Å². The van der Waals surface area contributed by atoms with Crippen molar-refractivity contribution in [1.82, 2.24) is 9.97 Å². The van der Waals surface area contributed by atoms with Crippen molar-refractivity contribution >= 4 is 33.1 Å². The maximum atomic E-state index is 5.84. The first kappa shape index (κ1) is 9.92. The molecule has 0 unspecified atom stereocenters. The summed E-state index contributed by atoms with van der Waals surface area (Å²) in [5.74, 6) is 0.549. The first-order valence-corrected chi connectivity index (χ1v) is 5.41. The van der Waals surface area contributed by atoms with Crippen LogP contribution in [0.4, 0.5) is 5.69 Å². The van der Waals surface area contributed by atoms with Crippen LogP contribution in [-0.2, 0) is 4.74 Å². The Bertz CT molecular complexity index is 506. The van der Waals surface area contributed by atoms with Gasteiger partial charge in [0, 0.05) is 0 Å². The second-order valence-electron chi connectivity index (χ2n) is 2.95. The molecule has 0 saturated carbocycles. The van der Waals surface area contributed by atoms with Gasteiger partial charge in [-0.3, -0.25) is 0 Å². The highest BCUT2D eigenvalue weighted by Gasteiger charge is 2.12. The molecule has 0 fully saturated rings. The van der Waals surface area contributed by atoms with E-state index >= 15 is 0 Å². The summed E-state index contributed by atoms with van der Waals surface area (Å²) >= 11 is 1.47. The number of ether oxygens (including phenoxy) is 1. The molecule has 0 aliphatic carbocycles. The van der Waals surface area contributed by atoms with E-state index in [9.17, 15) is 0 Å². The molecule has 2 heterocycles. The molecule has 15 heavy (non-hydrogen) atoms. The highest BCUT2D eigenvalue weighted by Crippen LogP contribution is 2.29. The van der Waals surface area contributed by atoms with E-state index in [1.54, 1.807) is 11.7 Å². The molecule has 0 bridgehead atoms. The van der Waals surface area contributed by atoms with Crippen LogP contribution in [0.2, 0.25) is 0 Å². The molecule has 78 valence electrons. The number of nitrogens with zero attached hydrogens (tertiary/aromatic N) is 2. The summed E-state index contributed by atoms with van der Waals surface area (Å²) in [5.41, 5.74) is 9.64. The Morgan fingerprint density at radius 1 is 1.60 bits per heavy atom. The van der Waals surface area contributed by atoms with Crippen LogP contribution in [0.1, 0.15) is 12.5 Å². The van der Waals surface area contributed by atoms with E-state index in [2.05, 4.69) is 16.5 Å². The zero-order chi connectivity index (χ0) is 10.8. The summed E-state index contributed by atoms with van der Waals surface area (Å²) in [7, 11) is 0. The van der Waals surface area contributed by atoms with Crippen molar-refractivity contribution in [3.8, 4) is 0 Å². The third-order valence-corrected chi connectivity index (χ3v) is 2.73. The molecule has 2 aromatic rings. The molecule has 2 rings (SSSR count). The summed E-state index contributed by atoms with van der Waals surface area (Å²) in [4.78, 5) is 9.24. The largest absolute Gasteiger partial charge is 0.494 e. The van der Waals surface area contributed by atoms with E-state index in [0.29, 0.717) is 18.1 Å². The van der Waals surface area contributed by atoms with Crippen LogP contribution in [0.15, 0.2) is 18.3 Å². The minimum Gasteiger partial charge on any atom is -0.494 e. The van der Waals surface area contributed by atoms with Crippen LogP contribution in [0.3, 0.4) is 0 Å². The fourth-order valence-corrected chi connectivity index (χ4v) is 2.01. The van der Waals surface area contributed by atoms with Crippen LogP contribution in [0.25, 0.3) is 16.1 Å². The molecule has 2 N–H and O–H groups in total. The van der Waals surface area contributed by atoms with Crippen molar-refractivity contribution in [2.24, 2.45) is 0 Å². The molecular formula is C10H11N3OS. The second-order valence-corrected chi connectivity index (χ2v) is 3.78. The van der Waals surface area contributed by atoms with Crippen molar-refractivity contribution in [1.29, 1.82) is 0 Å². The third-order valence-electron chi connectivity index (χ3n) is 1.99. The van der Waals surface area contributed by atoms with Gasteiger partial charge in [0.05, 0.1) is 29.6 Å². The highest BCUT2D eigenvalue weighted by molar-refractivity contribution is 7.16. The standard InChI is InChI=1S/C10H11N3OS/c1-3-14-6(2)8-7(11)4-12-10-9(8)13-5-15-10/h4-5H,2-3,11H2,1H3. The predicted molar refractivity (Wildman–Crippen MR) is 62.5 cm³/mol. The van der Waals surface area contributed by atoms with Crippen LogP contribution < -0.4 is 5.73 Å². The van der Waals surface area contributed by atoms with E-state index in [1.807, 2.05) is 6.92 Å². The number of anilines is 1. The van der Waals surface area contributed by atoms with Gasteiger partial charge in [0.25, 0.3) is 0 Å². The van der Waals surface area contributed by atoms with Gasteiger partial charge in [0.1, 0.15) is 16.1 Å². The van der Waals surface area contributed by atoms with E-state index in [1.165, 1.54) is 11.3 Å². The molecule has 0 spiro atoms. The normalized spacial score (nSPS) is 10.5. The van der Waals surface area contributed by atoms with Gasteiger partial charge in [0.15, 0.2) is 0 Å². The monoisotopic (exact) mass is 221 g/mol. The first-order valence-electron chi connectivity index (χ1n) is 4.53. The summed E-state index contributed by atoms with van der Waals surface area (Å²) in [5, 5.41) is 0. The molecule has 5 heteroatoms. The number of pyridine rings is 1. The van der Waals surface area contributed by atoms with Crippen LogP contribution in [0, 0.1) is 0 Å². The van der Waals surface area contributed by atoms with E-state index < -0.39 is 0 Å². The summed E-state index contributed by atoms with van der Waals surface area (Å²) in [6.45, 7) is 6.31. The van der Waals surface area contributed by atoms with Crippen molar-refractivity contribution in [3.63, 3.8) is 0 Å². The lowest BCUT2D eigenvalue weighted by Gasteiger charge is -2.09. The number of nitrogens with two attached hydrogens (primary N) is 1. The van der Waals surface area contributed by atoms with Crippen molar-refractivity contribution < 1.29 is 4.74 Å². The Kier molecular flexibility index (Phi) is 2.55. The van der Waals surface area contributed by atoms with Gasteiger partial charge in [-0.05, 0) is 6.92 Å². The Labute approximate surface area is 91.4 Å². The molecule has 0 amide bonds. The molecular weight excluding hydrogens is 210 g/mol. The third kappa shape index (κ3) is 1.66. The van der Waals surface area contributed by atoms with Gasteiger partial charge in [-0.15, -0.1) is 11.3 Å². The number of hydrogen-bond donors (Lipinski definition) is 1. The lowest BCUT2D eigenvalue weighted by molar-refractivity contribution is 0.299. The smallest absolute Gasteiger partial charge is 0.144 e. The summed E-state index contributed by atoms with van der Waals surface area (Å²) in [6.07, 6.45) is 1.61. The number of thiazole rings is 1. The maximum Gasteiger partial charge on any atom is 0.144 e. The molecule has 0 aliphatic heterocycles. The topological polar surface area (TPSA) is 61.0 Å². The Hall–Kier alpha value is -1.62. The number of nitrogen functional groups attached to an aromatic ring is 1. The van der Waals surface area contributed by atoms with Crippen LogP contribution >= 0.6 is 11.3 Å². The first-order chi connectivity index (χ1) is 7.24. The molecule has 0 radical (unpaired) electrons. The second kappa shape index (κ2) is 3.86. The maximum absolute atomic E-state index is 5.84. The van der Waals surface area contributed by atoms with Gasteiger partial charge in [-0.1, -0.05) is 6.58 Å². The number of hydrogen-bond acceptors (Lipinski definition) is 5. The van der Waals surface area contributed by atoms with Crippen LogP contribution in [-0.4, -0.2) is 16.6 Å². The SMILES string of the molecule is C=C(OCC)c1c(N)cnc2scnc12. The van der Waals surface area contributed by atoms with Crippen molar-refractivity contribution in [3.05, 3.63) is 23.8 Å². The van der Waals surface area contributed by atoms with E-state index in [-0.39, 0.29) is 0 Å². The molecule has 0 saturated heterocycles. The number of rotatable bonds is 3. The minimum absolute atomic E-state index is 0.548. The Morgan fingerprint density at radius 2 is 2.40 bits per heavy atom. The number of aromatic nitrogens is 2. The van der Waals surface area contributed by atoms with E-state index in [0.717, 1.165) is 15.9 Å². The van der Waals surface area contributed by atoms with Gasteiger partial charge < -0.3 is 10.5 Å². The fourth-order valence-electron chi connectivity index (χ4n) is 1.37.